The zero-order chi connectivity index (χ0) is 14.3. The van der Waals surface area contributed by atoms with Gasteiger partial charge in [-0.05, 0) is 18.9 Å². The molecule has 0 fully saturated rings. The summed E-state index contributed by atoms with van der Waals surface area (Å²) in [6.07, 6.45) is -0.604. The predicted molar refractivity (Wildman–Crippen MR) is 71.8 cm³/mol. The summed E-state index contributed by atoms with van der Waals surface area (Å²) in [4.78, 5) is 4.09. The Bertz CT molecular complexity index is 607. The van der Waals surface area contributed by atoms with Gasteiger partial charge in [0.1, 0.15) is 0 Å². The van der Waals surface area contributed by atoms with E-state index in [0.29, 0.717) is 6.42 Å². The molecule has 1 aromatic carbocycles. The number of alkyl halides is 2. The van der Waals surface area contributed by atoms with E-state index in [1.165, 1.54) is 6.92 Å². The fourth-order valence-electron chi connectivity index (χ4n) is 2.51. The maximum atomic E-state index is 14.3. The van der Waals surface area contributed by atoms with E-state index in [2.05, 4.69) is 10.1 Å². The topological polar surface area (TPSA) is 30.7 Å². The average Bonchev–Trinajstić information content (AvgIpc) is 3.01. The molecule has 2 aromatic rings. The second kappa shape index (κ2) is 4.65. The molecule has 0 radical (unpaired) electrons. The van der Waals surface area contributed by atoms with Crippen molar-refractivity contribution >= 4 is 0 Å². The van der Waals surface area contributed by atoms with Gasteiger partial charge in [0.2, 0.25) is 0 Å². The summed E-state index contributed by atoms with van der Waals surface area (Å²) in [6, 6.07) is 9.39. The van der Waals surface area contributed by atoms with E-state index in [4.69, 9.17) is 0 Å². The minimum absolute atomic E-state index is 0.0817. The van der Waals surface area contributed by atoms with Gasteiger partial charge in [-0.25, -0.2) is 18.4 Å². The molecule has 0 bridgehead atoms. The summed E-state index contributed by atoms with van der Waals surface area (Å²) in [5, 5.41) is 4.23. The van der Waals surface area contributed by atoms with Crippen LogP contribution in [0, 0.1) is 0 Å². The zero-order valence-electron chi connectivity index (χ0n) is 11.6. The summed E-state index contributed by atoms with van der Waals surface area (Å²) >= 11 is 0. The third-order valence-corrected chi connectivity index (χ3v) is 3.98. The number of hydrogen-bond acceptors (Lipinski definition) is 2. The van der Waals surface area contributed by atoms with E-state index in [1.807, 2.05) is 30.3 Å². The first-order valence-electron chi connectivity index (χ1n) is 6.88. The molecule has 3 rings (SSSR count). The maximum Gasteiger partial charge on any atom is 0.188 e. The van der Waals surface area contributed by atoms with E-state index in [-0.39, 0.29) is 24.1 Å². The first kappa shape index (κ1) is 13.2. The fourth-order valence-corrected chi connectivity index (χ4v) is 2.51. The molecule has 3 atom stereocenters. The summed E-state index contributed by atoms with van der Waals surface area (Å²) in [6.45, 7) is 3.16. The minimum atomic E-state index is -1.61. The Balaban J connectivity index is 2.02. The number of halogens is 2. The molecule has 0 aliphatic carbocycles. The van der Waals surface area contributed by atoms with Crippen LogP contribution in [0.25, 0.3) is 0 Å². The van der Waals surface area contributed by atoms with Crippen molar-refractivity contribution < 1.29 is 8.78 Å². The maximum absolute atomic E-state index is 14.3. The van der Waals surface area contributed by atoms with E-state index in [9.17, 15) is 8.78 Å². The smallest absolute Gasteiger partial charge is 0.188 e. The second-order valence-electron chi connectivity index (χ2n) is 5.42. The van der Waals surface area contributed by atoms with Gasteiger partial charge in [-0.15, -0.1) is 0 Å². The molecule has 0 saturated carbocycles. The van der Waals surface area contributed by atoms with Gasteiger partial charge in [0, 0.05) is 6.42 Å². The first-order valence-corrected chi connectivity index (χ1v) is 6.88. The first-order chi connectivity index (χ1) is 9.53. The van der Waals surface area contributed by atoms with E-state index in [0.717, 1.165) is 5.56 Å². The minimum Gasteiger partial charge on any atom is -0.239 e. The molecule has 1 aromatic heterocycles. The molecule has 0 N–H and O–H groups in total. The third-order valence-electron chi connectivity index (χ3n) is 3.98. The van der Waals surface area contributed by atoms with Crippen molar-refractivity contribution in [1.29, 1.82) is 0 Å². The predicted octanol–water partition coefficient (Wildman–Crippen LogP) is 3.88. The number of rotatable bonds is 3. The Kier molecular flexibility index (Phi) is 3.07. The molecule has 1 aliphatic rings. The summed E-state index contributed by atoms with van der Waals surface area (Å²) < 4.78 is 30.0. The standard InChI is InChI=1S/C15H17F2N3/c1-3-15(2,17)14-18-13-11(16)9-12(20(13)19-14)10-7-5-4-6-8-10/h4-8,11-12H,3,9H2,1-2H3. The molecule has 0 saturated heterocycles. The Morgan fingerprint density at radius 2 is 2.05 bits per heavy atom. The summed E-state index contributed by atoms with van der Waals surface area (Å²) in [7, 11) is 0. The number of nitrogens with zero attached hydrogens (tertiary/aromatic N) is 3. The van der Waals surface area contributed by atoms with Gasteiger partial charge in [-0.3, -0.25) is 0 Å². The highest BCUT2D eigenvalue weighted by Gasteiger charge is 2.39. The molecular weight excluding hydrogens is 260 g/mol. The lowest BCUT2D eigenvalue weighted by atomic mass is 10.0. The van der Waals surface area contributed by atoms with Crippen LogP contribution in [0.2, 0.25) is 0 Å². The Labute approximate surface area is 116 Å². The molecule has 3 unspecified atom stereocenters. The van der Waals surface area contributed by atoms with Crippen LogP contribution in [-0.2, 0) is 5.67 Å². The van der Waals surface area contributed by atoms with Gasteiger partial charge < -0.3 is 0 Å². The quantitative estimate of drug-likeness (QED) is 0.852. The number of aromatic nitrogens is 3. The van der Waals surface area contributed by atoms with Crippen LogP contribution in [0.1, 0.15) is 56.1 Å². The van der Waals surface area contributed by atoms with E-state index in [1.54, 1.807) is 11.6 Å². The normalized spacial score (nSPS) is 24.4. The van der Waals surface area contributed by atoms with Crippen LogP contribution in [0.4, 0.5) is 8.78 Å². The van der Waals surface area contributed by atoms with Crippen LogP contribution in [0.15, 0.2) is 30.3 Å². The summed E-state index contributed by atoms with van der Waals surface area (Å²) in [5.41, 5.74) is -0.638. The van der Waals surface area contributed by atoms with Gasteiger partial charge in [0.05, 0.1) is 6.04 Å². The molecular formula is C15H17F2N3. The van der Waals surface area contributed by atoms with Crippen molar-refractivity contribution in [2.45, 2.75) is 44.6 Å². The van der Waals surface area contributed by atoms with E-state index >= 15 is 0 Å². The van der Waals surface area contributed by atoms with Crippen molar-refractivity contribution in [2.75, 3.05) is 0 Å². The molecule has 106 valence electrons. The second-order valence-corrected chi connectivity index (χ2v) is 5.42. The summed E-state index contributed by atoms with van der Waals surface area (Å²) in [5.74, 6) is 0.324. The van der Waals surface area contributed by atoms with Crippen molar-refractivity contribution in [2.24, 2.45) is 0 Å². The zero-order valence-corrected chi connectivity index (χ0v) is 11.6. The lowest BCUT2D eigenvalue weighted by Crippen LogP contribution is -2.17. The van der Waals surface area contributed by atoms with Crippen molar-refractivity contribution in [1.82, 2.24) is 14.8 Å². The Hall–Kier alpha value is -1.78. The van der Waals surface area contributed by atoms with Crippen LogP contribution in [0.5, 0.6) is 0 Å². The molecule has 2 heterocycles. The monoisotopic (exact) mass is 277 g/mol. The van der Waals surface area contributed by atoms with Crippen molar-refractivity contribution in [3.8, 4) is 0 Å². The van der Waals surface area contributed by atoms with Gasteiger partial charge in [0.15, 0.2) is 23.5 Å². The van der Waals surface area contributed by atoms with Crippen molar-refractivity contribution in [3.63, 3.8) is 0 Å². The number of benzene rings is 1. The Morgan fingerprint density at radius 3 is 2.70 bits per heavy atom. The molecule has 5 heteroatoms. The van der Waals surface area contributed by atoms with Crippen molar-refractivity contribution in [3.05, 3.63) is 47.5 Å². The molecule has 20 heavy (non-hydrogen) atoms. The SMILES string of the molecule is CCC(C)(F)c1nc2n(n1)C(c1ccccc1)CC2F. The molecule has 0 spiro atoms. The molecule has 1 aliphatic heterocycles. The lowest BCUT2D eigenvalue weighted by Gasteiger charge is -2.15. The Morgan fingerprint density at radius 1 is 1.35 bits per heavy atom. The molecule has 3 nitrogen and oxygen atoms in total. The number of hydrogen-bond donors (Lipinski definition) is 0. The largest absolute Gasteiger partial charge is 0.239 e. The average molecular weight is 277 g/mol. The van der Waals surface area contributed by atoms with Gasteiger partial charge in [-0.2, -0.15) is 5.10 Å². The van der Waals surface area contributed by atoms with Crippen LogP contribution < -0.4 is 0 Å². The lowest BCUT2D eigenvalue weighted by molar-refractivity contribution is 0.170. The molecule has 0 amide bonds. The van der Waals surface area contributed by atoms with Gasteiger partial charge >= 0.3 is 0 Å². The number of fused-ring (bicyclic) bond motifs is 1. The van der Waals surface area contributed by atoms with Crippen LogP contribution in [0.3, 0.4) is 0 Å². The highest BCUT2D eigenvalue weighted by molar-refractivity contribution is 5.24. The third kappa shape index (κ3) is 2.01. The highest BCUT2D eigenvalue weighted by Crippen LogP contribution is 2.40. The fraction of sp³-hybridized carbons (Fsp3) is 0.467. The van der Waals surface area contributed by atoms with Crippen LogP contribution in [-0.4, -0.2) is 14.8 Å². The van der Waals surface area contributed by atoms with Gasteiger partial charge in [0.25, 0.3) is 0 Å². The van der Waals surface area contributed by atoms with E-state index < -0.39 is 11.8 Å². The van der Waals surface area contributed by atoms with Crippen LogP contribution >= 0.6 is 0 Å². The van der Waals surface area contributed by atoms with Gasteiger partial charge in [-0.1, -0.05) is 37.3 Å². The highest BCUT2D eigenvalue weighted by atomic mass is 19.1.